The molecule has 44 heavy (non-hydrogen) atoms. The van der Waals surface area contributed by atoms with Crippen LogP contribution in [0.25, 0.3) is 0 Å². The molecule has 3 aliphatic heterocycles. The summed E-state index contributed by atoms with van der Waals surface area (Å²) in [4.78, 5) is 11.3. The van der Waals surface area contributed by atoms with Gasteiger partial charge in [-0.3, -0.25) is 10.1 Å². The number of nitro benzene ring substituents is 1. The highest BCUT2D eigenvalue weighted by atomic mass is 16.7. The second-order valence-corrected chi connectivity index (χ2v) is 11.0. The summed E-state index contributed by atoms with van der Waals surface area (Å²) in [5.41, 5.74) is 1.77. The van der Waals surface area contributed by atoms with Crippen LogP contribution in [-0.4, -0.2) is 41.7 Å². The Balaban J connectivity index is 0.00000343. The smallest absolute Gasteiger partial charge is 0.281 e. The van der Waals surface area contributed by atoms with E-state index in [2.05, 4.69) is 0 Å². The van der Waals surface area contributed by atoms with E-state index in [1.54, 1.807) is 0 Å². The standard InChI is InChI=1S/C31H25NO11.CH4/c1-13-27-18-10-16(32(39)40)4-7-25(18)42-31(13,15-3-6-20(34)23(37)9-15)43-26-12-21(35)17-11-24(38)29(41-30(17)28(26)27)14-2-5-19(33)22(36)8-14;/h2-10,12-13,24,27,29,33-38H,11H2,1H3;1H4/t13?,24-,27?,29+,31?;/m0./s1. The number of aliphatic hydroxyl groups excluding tert-OH is 1. The SMILES string of the molecule is C.CC1C2c3cc([N+](=O)[O-])ccc3OC1(c1ccc(O)c(O)c1)Oc1cc(O)c3c(c12)O[C@H](c1ccc(O)c(O)c1)[C@@H](O)C3. The predicted octanol–water partition coefficient (Wildman–Crippen LogP) is 5.20. The zero-order valence-corrected chi connectivity index (χ0v) is 22.5. The van der Waals surface area contributed by atoms with Crippen LogP contribution in [0.2, 0.25) is 0 Å². The summed E-state index contributed by atoms with van der Waals surface area (Å²) in [5, 5.41) is 74.1. The first-order valence-electron chi connectivity index (χ1n) is 13.4. The van der Waals surface area contributed by atoms with Crippen LogP contribution in [-0.2, 0) is 12.2 Å². The molecule has 4 aromatic rings. The molecule has 228 valence electrons. The number of hydrogen-bond acceptors (Lipinski definition) is 11. The van der Waals surface area contributed by atoms with Gasteiger partial charge in [0.15, 0.2) is 23.0 Å². The first-order chi connectivity index (χ1) is 20.5. The van der Waals surface area contributed by atoms with Crippen molar-refractivity contribution >= 4 is 5.69 Å². The number of phenols is 5. The quantitative estimate of drug-likeness (QED) is 0.102. The molecule has 4 aromatic carbocycles. The summed E-state index contributed by atoms with van der Waals surface area (Å²) >= 11 is 0. The molecule has 5 atom stereocenters. The number of benzene rings is 4. The molecule has 3 heterocycles. The van der Waals surface area contributed by atoms with Crippen LogP contribution in [0.1, 0.15) is 54.2 Å². The molecule has 0 fully saturated rings. The number of rotatable bonds is 3. The van der Waals surface area contributed by atoms with E-state index in [-0.39, 0.29) is 54.0 Å². The van der Waals surface area contributed by atoms with Crippen molar-refractivity contribution in [2.45, 2.75) is 44.7 Å². The van der Waals surface area contributed by atoms with E-state index in [0.717, 1.165) is 0 Å². The van der Waals surface area contributed by atoms with Crippen LogP contribution >= 0.6 is 0 Å². The van der Waals surface area contributed by atoms with Crippen molar-refractivity contribution < 1.29 is 49.8 Å². The van der Waals surface area contributed by atoms with Gasteiger partial charge >= 0.3 is 0 Å². The zero-order chi connectivity index (χ0) is 30.4. The summed E-state index contributed by atoms with van der Waals surface area (Å²) in [6, 6.07) is 13.7. The van der Waals surface area contributed by atoms with Crippen molar-refractivity contribution in [2.75, 3.05) is 0 Å². The largest absolute Gasteiger partial charge is 0.507 e. The topological polar surface area (TPSA) is 192 Å². The summed E-state index contributed by atoms with van der Waals surface area (Å²) in [7, 11) is 0. The first-order valence-corrected chi connectivity index (χ1v) is 13.4. The Morgan fingerprint density at radius 2 is 1.52 bits per heavy atom. The van der Waals surface area contributed by atoms with Gasteiger partial charge in [-0.25, -0.2) is 0 Å². The maximum absolute atomic E-state index is 11.8. The van der Waals surface area contributed by atoms with E-state index >= 15 is 0 Å². The van der Waals surface area contributed by atoms with E-state index in [1.807, 2.05) is 6.92 Å². The number of aromatic hydroxyl groups is 5. The summed E-state index contributed by atoms with van der Waals surface area (Å²) < 4.78 is 19.4. The van der Waals surface area contributed by atoms with Crippen molar-refractivity contribution in [3.8, 4) is 46.0 Å². The normalized spacial score (nSPS) is 24.2. The van der Waals surface area contributed by atoms with Crippen molar-refractivity contribution in [3.05, 3.63) is 98.6 Å². The molecular weight excluding hydrogens is 574 g/mol. The van der Waals surface area contributed by atoms with Gasteiger partial charge in [-0.1, -0.05) is 20.4 Å². The minimum Gasteiger partial charge on any atom is -0.507 e. The summed E-state index contributed by atoms with van der Waals surface area (Å²) in [6.45, 7) is 1.81. The molecule has 0 radical (unpaired) electrons. The van der Waals surface area contributed by atoms with Gasteiger partial charge in [0.2, 0.25) is 0 Å². The predicted molar refractivity (Wildman–Crippen MR) is 154 cm³/mol. The number of hydrogen-bond donors (Lipinski definition) is 6. The number of fused-ring (bicyclic) bond motifs is 8. The Hall–Kier alpha value is -5.36. The summed E-state index contributed by atoms with van der Waals surface area (Å²) in [5.74, 6) is -3.97. The Kier molecular flexibility index (Phi) is 6.43. The van der Waals surface area contributed by atoms with E-state index in [4.69, 9.17) is 14.2 Å². The van der Waals surface area contributed by atoms with Crippen molar-refractivity contribution in [1.29, 1.82) is 0 Å². The monoisotopic (exact) mass is 603 g/mol. The van der Waals surface area contributed by atoms with Gasteiger partial charge in [0.1, 0.15) is 29.1 Å². The molecule has 12 heteroatoms. The van der Waals surface area contributed by atoms with Crippen molar-refractivity contribution in [3.63, 3.8) is 0 Å². The zero-order valence-electron chi connectivity index (χ0n) is 22.5. The molecule has 0 aromatic heterocycles. The van der Waals surface area contributed by atoms with Gasteiger partial charge in [0.05, 0.1) is 11.0 Å². The van der Waals surface area contributed by atoms with Gasteiger partial charge in [-0.15, -0.1) is 0 Å². The van der Waals surface area contributed by atoms with E-state index < -0.39 is 46.3 Å². The maximum Gasteiger partial charge on any atom is 0.281 e. The van der Waals surface area contributed by atoms with E-state index in [9.17, 15) is 40.8 Å². The van der Waals surface area contributed by atoms with Crippen LogP contribution in [0, 0.1) is 16.0 Å². The van der Waals surface area contributed by atoms with Crippen LogP contribution in [0.4, 0.5) is 5.69 Å². The average Bonchev–Trinajstić information content (AvgIpc) is 2.96. The third-order valence-electron chi connectivity index (χ3n) is 8.55. The fraction of sp³-hybridized carbons (Fsp3) is 0.250. The fourth-order valence-electron chi connectivity index (χ4n) is 6.45. The van der Waals surface area contributed by atoms with Gasteiger partial charge in [-0.2, -0.15) is 0 Å². The molecule has 0 saturated carbocycles. The molecule has 3 unspecified atom stereocenters. The lowest BCUT2D eigenvalue weighted by molar-refractivity contribution is -0.385. The van der Waals surface area contributed by atoms with Gasteiger partial charge in [-0.05, 0) is 42.0 Å². The van der Waals surface area contributed by atoms with E-state index in [1.165, 1.54) is 60.7 Å². The molecule has 0 saturated heterocycles. The van der Waals surface area contributed by atoms with Crippen molar-refractivity contribution in [2.24, 2.45) is 5.92 Å². The Morgan fingerprint density at radius 1 is 0.841 bits per heavy atom. The lowest BCUT2D eigenvalue weighted by Gasteiger charge is -2.51. The average molecular weight is 604 g/mol. The number of non-ortho nitro benzene ring substituents is 1. The van der Waals surface area contributed by atoms with Crippen LogP contribution in [0.15, 0.2) is 60.7 Å². The molecule has 7 rings (SSSR count). The lowest BCUT2D eigenvalue weighted by atomic mass is 9.70. The fourth-order valence-corrected chi connectivity index (χ4v) is 6.45. The molecule has 3 aliphatic rings. The second kappa shape index (κ2) is 9.85. The molecule has 2 bridgehead atoms. The maximum atomic E-state index is 11.8. The second-order valence-electron chi connectivity index (χ2n) is 11.0. The summed E-state index contributed by atoms with van der Waals surface area (Å²) in [6.07, 6.45) is -2.17. The molecule has 0 spiro atoms. The highest BCUT2D eigenvalue weighted by molar-refractivity contribution is 5.66. The minimum absolute atomic E-state index is 0. The number of aliphatic hydroxyl groups is 1. The number of nitrogens with zero attached hydrogens (tertiary/aromatic N) is 1. The number of phenolic OH excluding ortho intramolecular Hbond substituents is 5. The van der Waals surface area contributed by atoms with Gasteiger partial charge in [0, 0.05) is 58.7 Å². The first kappa shape index (κ1) is 28.7. The third-order valence-corrected chi connectivity index (χ3v) is 8.55. The lowest BCUT2D eigenvalue weighted by Crippen LogP contribution is -2.53. The van der Waals surface area contributed by atoms with Crippen molar-refractivity contribution in [1.82, 2.24) is 0 Å². The van der Waals surface area contributed by atoms with Crippen LogP contribution in [0.5, 0.6) is 46.0 Å². The van der Waals surface area contributed by atoms with E-state index in [0.29, 0.717) is 27.8 Å². The highest BCUT2D eigenvalue weighted by Gasteiger charge is 2.58. The molecule has 0 amide bonds. The molecule has 0 aliphatic carbocycles. The highest BCUT2D eigenvalue weighted by Crippen LogP contribution is 2.63. The minimum atomic E-state index is -1.59. The number of nitro groups is 1. The molecule has 12 nitrogen and oxygen atoms in total. The molecular formula is C32H29NO11. The Labute approximate surface area is 250 Å². The Bertz CT molecular complexity index is 1840. The van der Waals surface area contributed by atoms with Crippen LogP contribution < -0.4 is 14.2 Å². The van der Waals surface area contributed by atoms with Crippen LogP contribution in [0.3, 0.4) is 0 Å². The van der Waals surface area contributed by atoms with Gasteiger partial charge < -0.3 is 44.8 Å². The number of ether oxygens (including phenoxy) is 3. The third kappa shape index (κ3) is 4.02. The molecule has 6 N–H and O–H groups in total. The van der Waals surface area contributed by atoms with Gasteiger partial charge in [0.25, 0.3) is 11.5 Å². The Morgan fingerprint density at radius 3 is 2.20 bits per heavy atom.